The molecule has 0 aliphatic carbocycles. The minimum atomic E-state index is -3.50. The first-order valence-corrected chi connectivity index (χ1v) is 6.89. The number of nitrogens with one attached hydrogen (secondary N) is 2. The monoisotopic (exact) mass is 268 g/mol. The van der Waals surface area contributed by atoms with Crippen molar-refractivity contribution >= 4 is 16.2 Å². The van der Waals surface area contributed by atoms with Gasteiger partial charge in [-0.25, -0.2) is 4.72 Å². The Kier molecular flexibility index (Phi) is 8.96. The number of hydrogen-bond donors (Lipinski definition) is 2. The fraction of sp³-hybridized carbons (Fsp3) is 0.889. The average Bonchev–Trinajstić information content (AvgIpc) is 2.25. The molecule has 0 aromatic rings. The maximum Gasteiger partial charge on any atom is 0.305 e. The van der Waals surface area contributed by atoms with E-state index in [1.54, 1.807) is 6.92 Å². The third kappa shape index (κ3) is 10.2. The first kappa shape index (κ1) is 16.3. The number of rotatable bonds is 10. The minimum absolute atomic E-state index is 0.196. The fourth-order valence-electron chi connectivity index (χ4n) is 1.00. The van der Waals surface area contributed by atoms with Gasteiger partial charge in [0.15, 0.2) is 0 Å². The molecule has 0 radical (unpaired) electrons. The highest BCUT2D eigenvalue weighted by Gasteiger charge is 2.08. The molecule has 0 rings (SSSR count). The molecule has 0 spiro atoms. The zero-order chi connectivity index (χ0) is 13.1. The Hall–Kier alpha value is -0.700. The fourth-order valence-corrected chi connectivity index (χ4v) is 1.87. The van der Waals surface area contributed by atoms with Crippen LogP contribution in [-0.4, -0.2) is 47.8 Å². The predicted molar refractivity (Wildman–Crippen MR) is 62.7 cm³/mol. The third-order valence-corrected chi connectivity index (χ3v) is 2.92. The smallest absolute Gasteiger partial charge is 0.305 e. The maximum atomic E-state index is 11.3. The van der Waals surface area contributed by atoms with E-state index < -0.39 is 10.2 Å². The summed E-state index contributed by atoms with van der Waals surface area (Å²) in [5, 5.41) is 0. The molecule has 102 valence electrons. The second-order valence-electron chi connectivity index (χ2n) is 3.19. The van der Waals surface area contributed by atoms with E-state index in [4.69, 9.17) is 9.47 Å². The Labute approximate surface area is 102 Å². The van der Waals surface area contributed by atoms with Crippen LogP contribution in [-0.2, 0) is 24.5 Å². The van der Waals surface area contributed by atoms with E-state index in [1.807, 2.05) is 0 Å². The molecule has 0 unspecified atom stereocenters. The Morgan fingerprint density at radius 2 is 1.88 bits per heavy atom. The van der Waals surface area contributed by atoms with Gasteiger partial charge in [-0.1, -0.05) is 0 Å². The van der Waals surface area contributed by atoms with Crippen LogP contribution in [0.4, 0.5) is 0 Å². The summed E-state index contributed by atoms with van der Waals surface area (Å²) < 4.78 is 36.6. The lowest BCUT2D eigenvalue weighted by atomic mass is 10.3. The van der Waals surface area contributed by atoms with E-state index in [9.17, 15) is 13.2 Å². The van der Waals surface area contributed by atoms with Crippen LogP contribution in [0.1, 0.15) is 19.8 Å². The van der Waals surface area contributed by atoms with Crippen molar-refractivity contribution in [3.63, 3.8) is 0 Å². The Morgan fingerprint density at radius 3 is 2.47 bits per heavy atom. The van der Waals surface area contributed by atoms with Crippen molar-refractivity contribution in [2.75, 3.05) is 33.4 Å². The molecule has 8 heteroatoms. The Bertz CT molecular complexity index is 305. The van der Waals surface area contributed by atoms with E-state index in [0.717, 1.165) is 0 Å². The number of carbonyl (C=O) groups is 1. The van der Waals surface area contributed by atoms with E-state index in [2.05, 4.69) is 9.44 Å². The molecule has 0 aromatic carbocycles. The maximum absolute atomic E-state index is 11.3. The number of carbonyl (C=O) groups excluding carboxylic acids is 1. The first-order chi connectivity index (χ1) is 8.02. The number of methoxy groups -OCH3 is 1. The topological polar surface area (TPSA) is 93.7 Å². The lowest BCUT2D eigenvalue weighted by molar-refractivity contribution is -0.143. The molecule has 0 aliphatic rings. The average molecular weight is 268 g/mol. The molecule has 7 nitrogen and oxygen atoms in total. The van der Waals surface area contributed by atoms with Gasteiger partial charge in [0.25, 0.3) is 10.2 Å². The molecule has 0 aliphatic heterocycles. The highest BCUT2D eigenvalue weighted by molar-refractivity contribution is 7.87. The van der Waals surface area contributed by atoms with Gasteiger partial charge in [-0.2, -0.15) is 13.1 Å². The van der Waals surface area contributed by atoms with Crippen LogP contribution in [0.5, 0.6) is 0 Å². The summed E-state index contributed by atoms with van der Waals surface area (Å²) in [7, 11) is -2.01. The summed E-state index contributed by atoms with van der Waals surface area (Å²) >= 11 is 0. The highest BCUT2D eigenvalue weighted by atomic mass is 32.2. The quantitative estimate of drug-likeness (QED) is 0.407. The molecule has 17 heavy (non-hydrogen) atoms. The second-order valence-corrected chi connectivity index (χ2v) is 4.78. The molecule has 0 saturated heterocycles. The van der Waals surface area contributed by atoms with Crippen molar-refractivity contribution < 1.29 is 22.7 Å². The van der Waals surface area contributed by atoms with Gasteiger partial charge in [0.2, 0.25) is 0 Å². The molecule has 0 bridgehead atoms. The SMILES string of the molecule is CCOC(=O)CCCNS(=O)(=O)NCCOC. The van der Waals surface area contributed by atoms with Gasteiger partial charge in [0.05, 0.1) is 13.2 Å². The van der Waals surface area contributed by atoms with E-state index >= 15 is 0 Å². The van der Waals surface area contributed by atoms with Crippen molar-refractivity contribution in [1.82, 2.24) is 9.44 Å². The molecule has 0 fully saturated rings. The van der Waals surface area contributed by atoms with Gasteiger partial charge in [-0.05, 0) is 13.3 Å². The minimum Gasteiger partial charge on any atom is -0.466 e. The van der Waals surface area contributed by atoms with Crippen LogP contribution in [0, 0.1) is 0 Å². The standard InChI is InChI=1S/C9H20N2O5S/c1-3-16-9(12)5-4-6-10-17(13,14)11-7-8-15-2/h10-11H,3-8H2,1-2H3. The summed E-state index contributed by atoms with van der Waals surface area (Å²) in [4.78, 5) is 10.9. The van der Waals surface area contributed by atoms with Crippen LogP contribution >= 0.6 is 0 Å². The van der Waals surface area contributed by atoms with Crippen LogP contribution < -0.4 is 9.44 Å². The molecular formula is C9H20N2O5S. The van der Waals surface area contributed by atoms with Gasteiger partial charge in [-0.3, -0.25) is 4.79 Å². The molecule has 2 N–H and O–H groups in total. The van der Waals surface area contributed by atoms with Crippen LogP contribution in [0.25, 0.3) is 0 Å². The van der Waals surface area contributed by atoms with E-state index in [1.165, 1.54) is 7.11 Å². The van der Waals surface area contributed by atoms with Crippen LogP contribution in [0.2, 0.25) is 0 Å². The predicted octanol–water partition coefficient (Wildman–Crippen LogP) is -0.600. The highest BCUT2D eigenvalue weighted by Crippen LogP contribution is 1.92. The molecule has 0 heterocycles. The molecule has 0 aromatic heterocycles. The van der Waals surface area contributed by atoms with Gasteiger partial charge >= 0.3 is 5.97 Å². The Morgan fingerprint density at radius 1 is 1.24 bits per heavy atom. The van der Waals surface area contributed by atoms with Crippen LogP contribution in [0.15, 0.2) is 0 Å². The van der Waals surface area contributed by atoms with Crippen molar-refractivity contribution in [3.05, 3.63) is 0 Å². The largest absolute Gasteiger partial charge is 0.466 e. The van der Waals surface area contributed by atoms with Crippen molar-refractivity contribution in [3.8, 4) is 0 Å². The van der Waals surface area contributed by atoms with Crippen molar-refractivity contribution in [2.24, 2.45) is 0 Å². The third-order valence-electron chi connectivity index (χ3n) is 1.75. The van der Waals surface area contributed by atoms with Crippen molar-refractivity contribution in [2.45, 2.75) is 19.8 Å². The number of ether oxygens (including phenoxy) is 2. The number of esters is 1. The normalized spacial score (nSPS) is 11.4. The number of hydrogen-bond acceptors (Lipinski definition) is 5. The molecule has 0 amide bonds. The zero-order valence-electron chi connectivity index (χ0n) is 10.2. The lowest BCUT2D eigenvalue weighted by Crippen LogP contribution is -2.38. The van der Waals surface area contributed by atoms with Gasteiger partial charge < -0.3 is 9.47 Å². The molecule has 0 atom stereocenters. The summed E-state index contributed by atoms with van der Waals surface area (Å²) in [5.74, 6) is -0.320. The van der Waals surface area contributed by atoms with Crippen LogP contribution in [0.3, 0.4) is 0 Å². The summed E-state index contributed by atoms with van der Waals surface area (Å²) in [6.07, 6.45) is 0.610. The Balaban J connectivity index is 3.62. The van der Waals surface area contributed by atoms with Gasteiger partial charge in [0, 0.05) is 26.6 Å². The summed E-state index contributed by atoms with van der Waals surface area (Å²) in [5.41, 5.74) is 0. The van der Waals surface area contributed by atoms with Gasteiger partial charge in [-0.15, -0.1) is 0 Å². The van der Waals surface area contributed by atoms with E-state index in [-0.39, 0.29) is 25.5 Å². The summed E-state index contributed by atoms with van der Waals surface area (Å²) in [6, 6.07) is 0. The molecule has 0 saturated carbocycles. The van der Waals surface area contributed by atoms with Gasteiger partial charge in [0.1, 0.15) is 0 Å². The van der Waals surface area contributed by atoms with E-state index in [0.29, 0.717) is 19.6 Å². The molecular weight excluding hydrogens is 248 g/mol. The second kappa shape index (κ2) is 9.34. The first-order valence-electron chi connectivity index (χ1n) is 5.40. The lowest BCUT2D eigenvalue weighted by Gasteiger charge is -2.07. The zero-order valence-corrected chi connectivity index (χ0v) is 11.0. The summed E-state index contributed by atoms with van der Waals surface area (Å²) in [6.45, 7) is 2.78. The van der Waals surface area contributed by atoms with Crippen molar-refractivity contribution in [1.29, 1.82) is 0 Å².